The topological polar surface area (TPSA) is 108 Å². The molecule has 1 unspecified atom stereocenters. The third kappa shape index (κ3) is 11.9. The number of nitrogens with one attached hydrogen (secondary N) is 3. The highest BCUT2D eigenvalue weighted by molar-refractivity contribution is 6.38. The zero-order valence-corrected chi connectivity index (χ0v) is 32.7. The lowest BCUT2D eigenvalue weighted by Crippen LogP contribution is -2.33. The molecule has 4 aromatic rings. The molecule has 0 aliphatic rings. The molecule has 0 saturated carbocycles. The molecule has 0 aliphatic carbocycles. The van der Waals surface area contributed by atoms with Gasteiger partial charge in [-0.2, -0.15) is 0 Å². The molecule has 3 aromatic carbocycles. The maximum Gasteiger partial charge on any atom is 0.273 e. The first-order valence-corrected chi connectivity index (χ1v) is 19.1. The largest absolute Gasteiger partial charge is 0.508 e. The van der Waals surface area contributed by atoms with Crippen LogP contribution in [0, 0.1) is 0 Å². The molecule has 0 saturated heterocycles. The van der Waals surface area contributed by atoms with Crippen molar-refractivity contribution in [2.24, 2.45) is 0 Å². The predicted octanol–water partition coefficient (Wildman–Crippen LogP) is 12.2. The SMILES string of the molecule is CCCCCCCCCCCCC(Oc1ccc(O)c(C(C)(C)C)c1)C(=O)Nc1cc(Cl)c(-n2[nH]c(Nc3ccc(Cl)cc3Cl)cc2=O)c(Cl)c1. The number of ether oxygens (including phenoxy) is 1. The maximum absolute atomic E-state index is 13.8. The van der Waals surface area contributed by atoms with Gasteiger partial charge in [0.15, 0.2) is 6.10 Å². The number of nitrogens with zero attached hydrogens (tertiary/aromatic N) is 1. The molecule has 1 amide bonds. The van der Waals surface area contributed by atoms with Gasteiger partial charge in [-0.1, -0.05) is 132 Å². The first-order chi connectivity index (χ1) is 24.3. The fourth-order valence-electron chi connectivity index (χ4n) is 5.85. The zero-order valence-electron chi connectivity index (χ0n) is 29.7. The number of amides is 1. The van der Waals surface area contributed by atoms with E-state index in [1.165, 1.54) is 67.8 Å². The number of rotatable bonds is 18. The predicted molar refractivity (Wildman–Crippen MR) is 212 cm³/mol. The van der Waals surface area contributed by atoms with E-state index in [0.29, 0.717) is 39.4 Å². The summed E-state index contributed by atoms with van der Waals surface area (Å²) in [5.41, 5.74) is 1.09. The average Bonchev–Trinajstić information content (AvgIpc) is 3.41. The van der Waals surface area contributed by atoms with Crippen molar-refractivity contribution in [1.29, 1.82) is 0 Å². The Labute approximate surface area is 320 Å². The third-order valence-electron chi connectivity index (χ3n) is 8.60. The molecule has 0 spiro atoms. The van der Waals surface area contributed by atoms with Gasteiger partial charge in [-0.05, 0) is 66.8 Å². The molecule has 4 N–H and O–H groups in total. The van der Waals surface area contributed by atoms with Crippen LogP contribution < -0.4 is 20.9 Å². The molecule has 1 aromatic heterocycles. The summed E-state index contributed by atoms with van der Waals surface area (Å²) >= 11 is 25.6. The van der Waals surface area contributed by atoms with E-state index >= 15 is 0 Å². The van der Waals surface area contributed by atoms with E-state index in [4.69, 9.17) is 51.1 Å². The smallest absolute Gasteiger partial charge is 0.273 e. The number of aromatic amines is 1. The van der Waals surface area contributed by atoms with Gasteiger partial charge in [0.2, 0.25) is 0 Å². The number of carbonyl (C=O) groups excluding carboxylic acids is 1. The van der Waals surface area contributed by atoms with Crippen molar-refractivity contribution in [1.82, 2.24) is 9.78 Å². The lowest BCUT2D eigenvalue weighted by molar-refractivity contribution is -0.123. The second kappa shape index (κ2) is 19.0. The van der Waals surface area contributed by atoms with Crippen molar-refractivity contribution in [2.45, 2.75) is 110 Å². The fraction of sp³-hybridized carbons (Fsp3) is 0.436. The molecule has 0 radical (unpaired) electrons. The number of carbonyl (C=O) groups is 1. The number of unbranched alkanes of at least 4 members (excludes halogenated alkanes) is 9. The van der Waals surface area contributed by atoms with E-state index in [2.05, 4.69) is 22.7 Å². The zero-order chi connectivity index (χ0) is 37.1. The highest BCUT2D eigenvalue weighted by Gasteiger charge is 2.24. The number of halogens is 4. The number of anilines is 3. The molecule has 4 rings (SSSR count). The molecule has 8 nitrogen and oxygen atoms in total. The summed E-state index contributed by atoms with van der Waals surface area (Å²) in [5.74, 6) is 0.656. The Bertz CT molecular complexity index is 1810. The Morgan fingerprint density at radius 2 is 1.47 bits per heavy atom. The second-order valence-electron chi connectivity index (χ2n) is 13.9. The van der Waals surface area contributed by atoms with Crippen LogP contribution in [0.15, 0.2) is 59.4 Å². The van der Waals surface area contributed by atoms with Gasteiger partial charge in [0.1, 0.15) is 23.0 Å². The number of H-pyrrole nitrogens is 1. The van der Waals surface area contributed by atoms with Crippen LogP contribution in [-0.2, 0) is 10.2 Å². The summed E-state index contributed by atoms with van der Waals surface area (Å²) in [6.07, 6.45) is 11.4. The van der Waals surface area contributed by atoms with Crippen molar-refractivity contribution < 1.29 is 14.6 Å². The Balaban J connectivity index is 1.47. The number of hydrogen-bond acceptors (Lipinski definition) is 5. The number of aromatic hydroxyl groups is 1. The third-order valence-corrected chi connectivity index (χ3v) is 9.72. The van der Waals surface area contributed by atoms with Crippen LogP contribution in [0.25, 0.3) is 5.69 Å². The molecule has 1 atom stereocenters. The molecule has 0 aliphatic heterocycles. The Morgan fingerprint density at radius 1 is 0.843 bits per heavy atom. The summed E-state index contributed by atoms with van der Waals surface area (Å²) in [6, 6.07) is 14.4. The Hall–Kier alpha value is -3.30. The van der Waals surface area contributed by atoms with Crippen LogP contribution in [0.4, 0.5) is 17.2 Å². The van der Waals surface area contributed by atoms with Gasteiger partial charge < -0.3 is 20.5 Å². The molecule has 0 bridgehead atoms. The van der Waals surface area contributed by atoms with Gasteiger partial charge in [0.25, 0.3) is 11.5 Å². The number of hydrogen-bond donors (Lipinski definition) is 4. The van der Waals surface area contributed by atoms with E-state index in [1.807, 2.05) is 20.8 Å². The summed E-state index contributed by atoms with van der Waals surface area (Å²) in [6.45, 7) is 8.24. The first-order valence-electron chi connectivity index (χ1n) is 17.6. The van der Waals surface area contributed by atoms with E-state index < -0.39 is 11.7 Å². The van der Waals surface area contributed by atoms with Crippen LogP contribution in [0.3, 0.4) is 0 Å². The van der Waals surface area contributed by atoms with Gasteiger partial charge >= 0.3 is 0 Å². The highest BCUT2D eigenvalue weighted by atomic mass is 35.5. The molecule has 0 fully saturated rings. The van der Waals surface area contributed by atoms with Gasteiger partial charge in [0, 0.05) is 22.3 Å². The monoisotopic (exact) mass is 776 g/mol. The minimum absolute atomic E-state index is 0.137. The van der Waals surface area contributed by atoms with Gasteiger partial charge in [-0.15, -0.1) is 0 Å². The standard InChI is InChI=1S/C39H48Cl4N4O4/c1-5-6-7-8-9-10-11-12-13-14-15-34(51-27-17-19-33(48)28(23-27)39(2,3)4)38(50)44-26-21-30(42)37(31(43)22-26)47-36(49)24-35(46-47)45-32-18-16-25(40)20-29(32)41/h16-24,34,45-46,48H,5-15H2,1-4H3,(H,44,50). The normalized spacial score (nSPS) is 12.2. The van der Waals surface area contributed by atoms with Gasteiger partial charge in [-0.3, -0.25) is 14.7 Å². The molecular weight excluding hydrogens is 730 g/mol. The maximum atomic E-state index is 13.8. The lowest BCUT2D eigenvalue weighted by Gasteiger charge is -2.23. The average molecular weight is 779 g/mol. The van der Waals surface area contributed by atoms with Crippen LogP contribution in [-0.4, -0.2) is 26.9 Å². The van der Waals surface area contributed by atoms with Crippen molar-refractivity contribution in [2.75, 3.05) is 10.6 Å². The highest BCUT2D eigenvalue weighted by Crippen LogP contribution is 2.35. The number of phenolic OH excluding ortho intramolecular Hbond substituents is 1. The molecule has 12 heteroatoms. The van der Waals surface area contributed by atoms with E-state index in [1.54, 1.807) is 36.4 Å². The van der Waals surface area contributed by atoms with Crippen molar-refractivity contribution >= 4 is 69.5 Å². The fourth-order valence-corrected chi connectivity index (χ4v) is 6.96. The van der Waals surface area contributed by atoms with Crippen LogP contribution in [0.1, 0.15) is 104 Å². The quantitative estimate of drug-likeness (QED) is 0.0752. The lowest BCUT2D eigenvalue weighted by atomic mass is 9.86. The number of aromatic nitrogens is 2. The molecular formula is C39H48Cl4N4O4. The van der Waals surface area contributed by atoms with Gasteiger partial charge in [0.05, 0.1) is 20.8 Å². The van der Waals surface area contributed by atoms with E-state index in [9.17, 15) is 14.7 Å². The van der Waals surface area contributed by atoms with Crippen LogP contribution in [0.2, 0.25) is 20.1 Å². The van der Waals surface area contributed by atoms with Crippen molar-refractivity contribution in [3.63, 3.8) is 0 Å². The number of phenols is 1. The van der Waals surface area contributed by atoms with Crippen molar-refractivity contribution in [3.8, 4) is 17.2 Å². The van der Waals surface area contributed by atoms with E-state index in [-0.39, 0.29) is 32.8 Å². The summed E-state index contributed by atoms with van der Waals surface area (Å²) in [7, 11) is 0. The van der Waals surface area contributed by atoms with Crippen LogP contribution in [0.5, 0.6) is 11.5 Å². The molecule has 1 heterocycles. The Kier molecular flexibility index (Phi) is 15.1. The second-order valence-corrected chi connectivity index (χ2v) is 15.5. The van der Waals surface area contributed by atoms with E-state index in [0.717, 1.165) is 24.8 Å². The molecule has 51 heavy (non-hydrogen) atoms. The minimum Gasteiger partial charge on any atom is -0.508 e. The van der Waals surface area contributed by atoms with Crippen LogP contribution >= 0.6 is 46.4 Å². The molecule has 276 valence electrons. The van der Waals surface area contributed by atoms with Gasteiger partial charge in [-0.25, -0.2) is 4.68 Å². The van der Waals surface area contributed by atoms with Crippen molar-refractivity contribution in [3.05, 3.63) is 90.6 Å². The summed E-state index contributed by atoms with van der Waals surface area (Å²) < 4.78 is 7.50. The summed E-state index contributed by atoms with van der Waals surface area (Å²) in [4.78, 5) is 26.7. The first kappa shape index (κ1) is 40.5. The summed E-state index contributed by atoms with van der Waals surface area (Å²) in [5, 5.41) is 20.5. The Morgan fingerprint density at radius 3 is 2.08 bits per heavy atom. The minimum atomic E-state index is -0.812. The number of benzene rings is 3.